The normalized spacial score (nSPS) is 23.6. The van der Waals surface area contributed by atoms with Gasteiger partial charge in [-0.3, -0.25) is 14.0 Å². The van der Waals surface area contributed by atoms with Crippen LogP contribution < -0.4 is 10.9 Å². The van der Waals surface area contributed by atoms with Gasteiger partial charge in [-0.1, -0.05) is 12.1 Å². The molecule has 28 heavy (non-hydrogen) atoms. The molecular formula is C19H18ClFN4O2S. The summed E-state index contributed by atoms with van der Waals surface area (Å²) in [5.41, 5.74) is 0.673. The standard InChI is InChI=1S/C19H17FN4O2S.ClH/c20-13-3-1-2-11(6-13)17-14-9-21-8-12(14)10-24(17)18(26)15-7-16(25)22-19-23(15)4-5-27-19;/h1-7,12,14,17,21H,8-10H2;1H/t12-,14-,17-;/m0./s1. The van der Waals surface area contributed by atoms with Gasteiger partial charge in [0.2, 0.25) is 0 Å². The van der Waals surface area contributed by atoms with Crippen LogP contribution >= 0.6 is 23.7 Å². The van der Waals surface area contributed by atoms with Crippen molar-refractivity contribution in [3.05, 3.63) is 69.3 Å². The van der Waals surface area contributed by atoms with Gasteiger partial charge < -0.3 is 10.2 Å². The molecule has 3 atom stereocenters. The van der Waals surface area contributed by atoms with Gasteiger partial charge in [-0.25, -0.2) is 4.39 Å². The molecule has 2 aliphatic rings. The Balaban J connectivity index is 0.00000192. The molecule has 0 aliphatic carbocycles. The molecular weight excluding hydrogens is 403 g/mol. The second kappa shape index (κ2) is 7.27. The summed E-state index contributed by atoms with van der Waals surface area (Å²) >= 11 is 1.31. The summed E-state index contributed by atoms with van der Waals surface area (Å²) in [6.07, 6.45) is 1.75. The summed E-state index contributed by atoms with van der Waals surface area (Å²) < 4.78 is 15.5. The highest BCUT2D eigenvalue weighted by Crippen LogP contribution is 2.43. The lowest BCUT2D eigenvalue weighted by atomic mass is 9.89. The molecule has 1 amide bonds. The van der Waals surface area contributed by atoms with E-state index in [1.807, 2.05) is 6.07 Å². The number of thiazole rings is 1. The molecule has 2 aliphatic heterocycles. The molecule has 0 radical (unpaired) electrons. The van der Waals surface area contributed by atoms with E-state index in [-0.39, 0.29) is 36.1 Å². The van der Waals surface area contributed by atoms with Gasteiger partial charge >= 0.3 is 0 Å². The lowest BCUT2D eigenvalue weighted by Crippen LogP contribution is -2.36. The van der Waals surface area contributed by atoms with E-state index >= 15 is 0 Å². The summed E-state index contributed by atoms with van der Waals surface area (Å²) in [5.74, 6) is 0.0206. The fraction of sp³-hybridized carbons (Fsp3) is 0.316. The van der Waals surface area contributed by atoms with E-state index in [2.05, 4.69) is 10.3 Å². The molecule has 2 aromatic heterocycles. The van der Waals surface area contributed by atoms with E-state index in [4.69, 9.17) is 0 Å². The number of fused-ring (bicyclic) bond motifs is 2. The third kappa shape index (κ3) is 3.01. The topological polar surface area (TPSA) is 66.7 Å². The van der Waals surface area contributed by atoms with Crippen molar-refractivity contribution in [1.82, 2.24) is 19.6 Å². The van der Waals surface area contributed by atoms with Crippen molar-refractivity contribution in [2.45, 2.75) is 6.04 Å². The fourth-order valence-electron chi connectivity index (χ4n) is 4.41. The Morgan fingerprint density at radius 3 is 2.96 bits per heavy atom. The Labute approximate surface area is 170 Å². The minimum absolute atomic E-state index is 0. The smallest absolute Gasteiger partial charge is 0.274 e. The number of aromatic nitrogens is 2. The van der Waals surface area contributed by atoms with Crippen LogP contribution in [0.25, 0.3) is 4.96 Å². The number of hydrogen-bond acceptors (Lipinski definition) is 5. The van der Waals surface area contributed by atoms with Crippen molar-refractivity contribution in [1.29, 1.82) is 0 Å². The maximum atomic E-state index is 13.9. The first kappa shape index (κ1) is 19.0. The Morgan fingerprint density at radius 1 is 1.29 bits per heavy atom. The van der Waals surface area contributed by atoms with Gasteiger partial charge in [0, 0.05) is 43.2 Å². The molecule has 2 fully saturated rings. The van der Waals surface area contributed by atoms with Crippen LogP contribution in [-0.4, -0.2) is 39.8 Å². The van der Waals surface area contributed by atoms with Gasteiger partial charge in [0.05, 0.1) is 6.04 Å². The molecule has 3 aromatic rings. The van der Waals surface area contributed by atoms with E-state index < -0.39 is 5.56 Å². The fourth-order valence-corrected chi connectivity index (χ4v) is 5.13. The number of halogens is 2. The average Bonchev–Trinajstić information content (AvgIpc) is 3.35. The van der Waals surface area contributed by atoms with Gasteiger partial charge in [0.1, 0.15) is 11.5 Å². The number of amides is 1. The van der Waals surface area contributed by atoms with Crippen LogP contribution in [0.2, 0.25) is 0 Å². The highest BCUT2D eigenvalue weighted by Gasteiger charge is 2.47. The zero-order valence-corrected chi connectivity index (χ0v) is 16.4. The van der Waals surface area contributed by atoms with Crippen molar-refractivity contribution >= 4 is 34.6 Å². The first-order valence-electron chi connectivity index (χ1n) is 8.86. The average molecular weight is 421 g/mol. The second-order valence-corrected chi connectivity index (χ2v) is 7.95. The monoisotopic (exact) mass is 420 g/mol. The van der Waals surface area contributed by atoms with E-state index in [1.165, 1.54) is 29.5 Å². The zero-order chi connectivity index (χ0) is 18.5. The maximum Gasteiger partial charge on any atom is 0.274 e. The molecule has 0 bridgehead atoms. The number of likely N-dealkylation sites (tertiary alicyclic amines) is 1. The Bertz CT molecular complexity index is 1100. The van der Waals surface area contributed by atoms with Gasteiger partial charge in [-0.2, -0.15) is 4.98 Å². The number of hydrogen-bond donors (Lipinski definition) is 1. The number of carbonyl (C=O) groups is 1. The molecule has 5 rings (SSSR count). The molecule has 9 heteroatoms. The van der Waals surface area contributed by atoms with Gasteiger partial charge in [-0.15, -0.1) is 23.7 Å². The number of benzene rings is 1. The van der Waals surface area contributed by atoms with Crippen LogP contribution in [0.5, 0.6) is 0 Å². The molecule has 0 spiro atoms. The largest absolute Gasteiger partial charge is 0.330 e. The van der Waals surface area contributed by atoms with Crippen LogP contribution in [0.1, 0.15) is 22.1 Å². The Kier molecular flexibility index (Phi) is 4.95. The van der Waals surface area contributed by atoms with E-state index in [1.54, 1.807) is 26.9 Å². The summed E-state index contributed by atoms with van der Waals surface area (Å²) in [6, 6.07) is 7.53. The lowest BCUT2D eigenvalue weighted by Gasteiger charge is -2.28. The van der Waals surface area contributed by atoms with Crippen LogP contribution in [0.3, 0.4) is 0 Å². The van der Waals surface area contributed by atoms with Crippen LogP contribution in [0, 0.1) is 17.7 Å². The molecule has 146 valence electrons. The molecule has 1 N–H and O–H groups in total. The lowest BCUT2D eigenvalue weighted by molar-refractivity contribution is 0.0706. The van der Waals surface area contributed by atoms with Gasteiger partial charge in [-0.05, 0) is 23.6 Å². The van der Waals surface area contributed by atoms with E-state index in [9.17, 15) is 14.0 Å². The number of carbonyl (C=O) groups excluding carboxylic acids is 1. The molecule has 0 unspecified atom stereocenters. The Morgan fingerprint density at radius 2 is 2.14 bits per heavy atom. The summed E-state index contributed by atoms with van der Waals surface area (Å²) in [5, 5.41) is 5.17. The van der Waals surface area contributed by atoms with Crippen LogP contribution in [0.15, 0.2) is 46.7 Å². The van der Waals surface area contributed by atoms with Crippen molar-refractivity contribution in [2.24, 2.45) is 11.8 Å². The van der Waals surface area contributed by atoms with Crippen molar-refractivity contribution in [3.8, 4) is 0 Å². The van der Waals surface area contributed by atoms with Gasteiger partial charge in [0.15, 0.2) is 4.96 Å². The summed E-state index contributed by atoms with van der Waals surface area (Å²) in [4.78, 5) is 31.6. The maximum absolute atomic E-state index is 13.9. The molecule has 2 saturated heterocycles. The molecule has 4 heterocycles. The second-order valence-electron chi connectivity index (χ2n) is 7.07. The van der Waals surface area contributed by atoms with Crippen molar-refractivity contribution < 1.29 is 9.18 Å². The summed E-state index contributed by atoms with van der Waals surface area (Å²) in [7, 11) is 0. The number of nitrogens with zero attached hydrogens (tertiary/aromatic N) is 3. The number of rotatable bonds is 2. The third-order valence-corrected chi connectivity index (χ3v) is 6.31. The SMILES string of the molecule is Cl.O=C(c1cc(=O)nc2sccn12)N1C[C@@H]2CNC[C@@H]2[C@@H]1c1cccc(F)c1. The highest BCUT2D eigenvalue weighted by molar-refractivity contribution is 7.15. The highest BCUT2D eigenvalue weighted by atomic mass is 35.5. The minimum Gasteiger partial charge on any atom is -0.330 e. The van der Waals surface area contributed by atoms with Crippen molar-refractivity contribution in [2.75, 3.05) is 19.6 Å². The number of nitrogens with one attached hydrogen (secondary N) is 1. The van der Waals surface area contributed by atoms with Gasteiger partial charge in [0.25, 0.3) is 11.5 Å². The van der Waals surface area contributed by atoms with Crippen LogP contribution in [0.4, 0.5) is 4.39 Å². The van der Waals surface area contributed by atoms with E-state index in [0.29, 0.717) is 23.1 Å². The predicted molar refractivity (Wildman–Crippen MR) is 107 cm³/mol. The van der Waals surface area contributed by atoms with Crippen LogP contribution in [-0.2, 0) is 0 Å². The first-order valence-corrected chi connectivity index (χ1v) is 9.74. The predicted octanol–water partition coefficient (Wildman–Crippen LogP) is 2.35. The zero-order valence-electron chi connectivity index (χ0n) is 14.7. The molecule has 1 aromatic carbocycles. The quantitative estimate of drug-likeness (QED) is 0.691. The summed E-state index contributed by atoms with van der Waals surface area (Å²) in [6.45, 7) is 2.21. The molecule has 6 nitrogen and oxygen atoms in total. The van der Waals surface area contributed by atoms with E-state index in [0.717, 1.165) is 18.7 Å². The Hall–Kier alpha value is -2.29. The third-order valence-electron chi connectivity index (χ3n) is 5.55. The minimum atomic E-state index is -0.427. The molecule has 0 saturated carbocycles. The first-order chi connectivity index (χ1) is 13.1. The van der Waals surface area contributed by atoms with Crippen molar-refractivity contribution in [3.63, 3.8) is 0 Å².